The third-order valence-electron chi connectivity index (χ3n) is 4.01. The Labute approximate surface area is 161 Å². The average molecular weight is 378 g/mol. The molecule has 4 rings (SSSR count). The van der Waals surface area contributed by atoms with Gasteiger partial charge in [0.15, 0.2) is 5.78 Å². The summed E-state index contributed by atoms with van der Waals surface area (Å²) in [6, 6.07) is 18.6. The van der Waals surface area contributed by atoms with Gasteiger partial charge in [0.1, 0.15) is 12.9 Å². The number of ketones is 1. The topological polar surface area (TPSA) is 78.2 Å². The molecule has 0 amide bonds. The predicted molar refractivity (Wildman–Crippen MR) is 102 cm³/mol. The van der Waals surface area contributed by atoms with Crippen molar-refractivity contribution in [3.05, 3.63) is 72.6 Å². The van der Waals surface area contributed by atoms with Gasteiger partial charge in [0.2, 0.25) is 5.82 Å². The molecule has 0 radical (unpaired) electrons. The van der Waals surface area contributed by atoms with Crippen molar-refractivity contribution in [2.45, 2.75) is 6.92 Å². The van der Waals surface area contributed by atoms with Crippen LogP contribution in [0.1, 0.15) is 17.3 Å². The minimum absolute atomic E-state index is 0.0779. The lowest BCUT2D eigenvalue weighted by molar-refractivity contribution is 0.0710. The van der Waals surface area contributed by atoms with Crippen molar-refractivity contribution in [1.82, 2.24) is 9.55 Å². The zero-order valence-corrected chi connectivity index (χ0v) is 15.2. The van der Waals surface area contributed by atoms with E-state index >= 15 is 0 Å². The van der Waals surface area contributed by atoms with Crippen molar-refractivity contribution in [1.29, 1.82) is 0 Å². The third-order valence-corrected chi connectivity index (χ3v) is 4.01. The minimum atomic E-state index is -0.201. The second-order valence-electron chi connectivity index (χ2n) is 5.83. The normalized spacial score (nSPS) is 12.8. The van der Waals surface area contributed by atoms with Crippen LogP contribution in [0.4, 0.5) is 5.82 Å². The number of ether oxygens (including phenoxy) is 1. The van der Waals surface area contributed by atoms with Gasteiger partial charge in [0, 0.05) is 5.56 Å². The summed E-state index contributed by atoms with van der Waals surface area (Å²) < 4.78 is 7.20. The SMILES string of the molecule is CCOC1=NOc2c(ncn2-c2ccccc2)N1OCC(=O)c1ccccc1. The smallest absolute Gasteiger partial charge is 0.358 e. The number of imidazole rings is 1. The lowest BCUT2D eigenvalue weighted by atomic mass is 10.1. The predicted octanol–water partition coefficient (Wildman–Crippen LogP) is 3.19. The van der Waals surface area contributed by atoms with Gasteiger partial charge in [-0.1, -0.05) is 48.5 Å². The molecule has 2 aromatic carbocycles. The number of aromatic nitrogens is 2. The number of Topliss-reactive ketones (excluding diaryl/α,β-unsaturated/α-hetero) is 1. The second-order valence-corrected chi connectivity index (χ2v) is 5.83. The molecule has 142 valence electrons. The quantitative estimate of drug-likeness (QED) is 0.613. The van der Waals surface area contributed by atoms with E-state index in [9.17, 15) is 4.79 Å². The molecule has 8 heteroatoms. The van der Waals surface area contributed by atoms with E-state index in [1.807, 2.05) is 43.3 Å². The van der Waals surface area contributed by atoms with Crippen LogP contribution >= 0.6 is 0 Å². The molecule has 0 saturated carbocycles. The molecule has 0 aliphatic carbocycles. The van der Waals surface area contributed by atoms with Crippen LogP contribution in [0.15, 0.2) is 72.1 Å². The number of carbonyl (C=O) groups excluding carboxylic acids is 1. The van der Waals surface area contributed by atoms with Crippen molar-refractivity contribution >= 4 is 17.6 Å². The fourth-order valence-corrected chi connectivity index (χ4v) is 2.70. The number of hydroxylamine groups is 1. The first-order valence-corrected chi connectivity index (χ1v) is 8.79. The number of hydrogen-bond donors (Lipinski definition) is 0. The molecule has 0 atom stereocenters. The van der Waals surface area contributed by atoms with Crippen LogP contribution in [-0.2, 0) is 9.57 Å². The summed E-state index contributed by atoms with van der Waals surface area (Å²) in [4.78, 5) is 28.0. The standard InChI is InChI=1S/C20H18N4O4/c1-2-26-20-22-28-19-18(21-14-23(19)16-11-7-4-8-12-16)24(20)27-13-17(25)15-9-5-3-6-10-15/h3-12,14H,2,13H2,1H3. The molecule has 0 unspecified atom stereocenters. The minimum Gasteiger partial charge on any atom is -0.461 e. The Balaban J connectivity index is 1.59. The summed E-state index contributed by atoms with van der Waals surface area (Å²) in [6.45, 7) is 1.96. The summed E-state index contributed by atoms with van der Waals surface area (Å²) in [6.07, 6.45) is 1.60. The molecule has 1 aliphatic heterocycles. The molecule has 0 spiro atoms. The van der Waals surface area contributed by atoms with Gasteiger partial charge in [0.05, 0.1) is 12.3 Å². The summed E-state index contributed by atoms with van der Waals surface area (Å²) in [5.74, 6) is 0.539. The van der Waals surface area contributed by atoms with Gasteiger partial charge in [-0.15, -0.1) is 5.06 Å². The zero-order valence-electron chi connectivity index (χ0n) is 15.2. The summed E-state index contributed by atoms with van der Waals surface area (Å²) >= 11 is 0. The Morgan fingerprint density at radius 3 is 2.50 bits per heavy atom. The van der Waals surface area contributed by atoms with Crippen LogP contribution in [0, 0.1) is 0 Å². The van der Waals surface area contributed by atoms with Gasteiger partial charge < -0.3 is 9.57 Å². The molecule has 0 saturated heterocycles. The Bertz CT molecular complexity index is 986. The fraction of sp³-hybridized carbons (Fsp3) is 0.150. The first-order valence-electron chi connectivity index (χ1n) is 8.79. The van der Waals surface area contributed by atoms with E-state index in [0.717, 1.165) is 5.69 Å². The van der Waals surface area contributed by atoms with Crippen molar-refractivity contribution in [3.8, 4) is 11.6 Å². The molecule has 1 aliphatic rings. The fourth-order valence-electron chi connectivity index (χ4n) is 2.70. The second kappa shape index (κ2) is 7.93. The lowest BCUT2D eigenvalue weighted by Gasteiger charge is -2.25. The zero-order chi connectivity index (χ0) is 19.3. The highest BCUT2D eigenvalue weighted by Gasteiger charge is 2.32. The van der Waals surface area contributed by atoms with E-state index in [2.05, 4.69) is 10.1 Å². The van der Waals surface area contributed by atoms with Gasteiger partial charge >= 0.3 is 6.02 Å². The van der Waals surface area contributed by atoms with E-state index in [0.29, 0.717) is 23.9 Å². The lowest BCUT2D eigenvalue weighted by Crippen LogP contribution is -2.38. The van der Waals surface area contributed by atoms with Crippen molar-refractivity contribution in [3.63, 3.8) is 0 Å². The number of rotatable bonds is 6. The van der Waals surface area contributed by atoms with Crippen LogP contribution in [0.2, 0.25) is 0 Å². The number of amidine groups is 1. The van der Waals surface area contributed by atoms with E-state index in [1.165, 1.54) is 5.06 Å². The molecular formula is C20H18N4O4. The summed E-state index contributed by atoms with van der Waals surface area (Å²) in [5.41, 5.74) is 1.41. The summed E-state index contributed by atoms with van der Waals surface area (Å²) in [7, 11) is 0. The molecular weight excluding hydrogens is 360 g/mol. The van der Waals surface area contributed by atoms with Crippen LogP contribution in [0.5, 0.6) is 5.88 Å². The highest BCUT2D eigenvalue weighted by molar-refractivity contribution is 5.97. The Hall–Kier alpha value is -3.65. The number of oxime groups is 1. The Kier molecular flexibility index (Phi) is 5.03. The largest absolute Gasteiger partial charge is 0.461 e. The highest BCUT2D eigenvalue weighted by Crippen LogP contribution is 2.33. The van der Waals surface area contributed by atoms with E-state index in [1.54, 1.807) is 35.2 Å². The van der Waals surface area contributed by atoms with Crippen molar-refractivity contribution in [2.75, 3.05) is 18.3 Å². The number of nitrogens with zero attached hydrogens (tertiary/aromatic N) is 4. The first kappa shape index (κ1) is 17.7. The molecule has 3 aromatic rings. The summed E-state index contributed by atoms with van der Waals surface area (Å²) in [5, 5.41) is 5.25. The highest BCUT2D eigenvalue weighted by atomic mass is 16.7. The van der Waals surface area contributed by atoms with Crippen molar-refractivity contribution in [2.24, 2.45) is 5.16 Å². The van der Waals surface area contributed by atoms with E-state index < -0.39 is 0 Å². The molecule has 0 N–H and O–H groups in total. The maximum atomic E-state index is 12.4. The number of para-hydroxylation sites is 1. The Morgan fingerprint density at radius 1 is 1.07 bits per heavy atom. The Morgan fingerprint density at radius 2 is 1.79 bits per heavy atom. The van der Waals surface area contributed by atoms with E-state index in [-0.39, 0.29) is 18.4 Å². The molecule has 2 heterocycles. The van der Waals surface area contributed by atoms with Crippen LogP contribution in [0.3, 0.4) is 0 Å². The van der Waals surface area contributed by atoms with Crippen molar-refractivity contribution < 1.29 is 19.2 Å². The maximum Gasteiger partial charge on any atom is 0.358 e. The van der Waals surface area contributed by atoms with Gasteiger partial charge in [-0.05, 0) is 24.2 Å². The molecule has 1 aromatic heterocycles. The average Bonchev–Trinajstić information content (AvgIpc) is 3.18. The van der Waals surface area contributed by atoms with Gasteiger partial charge in [0.25, 0.3) is 5.88 Å². The monoisotopic (exact) mass is 378 g/mol. The number of benzene rings is 2. The first-order chi connectivity index (χ1) is 13.8. The molecule has 28 heavy (non-hydrogen) atoms. The van der Waals surface area contributed by atoms with Crippen LogP contribution < -0.4 is 9.90 Å². The van der Waals surface area contributed by atoms with E-state index in [4.69, 9.17) is 14.4 Å². The van der Waals surface area contributed by atoms with Gasteiger partial charge in [-0.25, -0.2) is 4.98 Å². The number of hydrogen-bond acceptors (Lipinski definition) is 7. The maximum absolute atomic E-state index is 12.4. The number of carbonyl (C=O) groups is 1. The molecule has 0 fully saturated rings. The van der Waals surface area contributed by atoms with Crippen LogP contribution in [0.25, 0.3) is 5.69 Å². The van der Waals surface area contributed by atoms with Gasteiger partial charge in [-0.2, -0.15) is 0 Å². The number of fused-ring (bicyclic) bond motifs is 1. The molecule has 8 nitrogen and oxygen atoms in total. The molecule has 0 bridgehead atoms. The van der Waals surface area contributed by atoms with Crippen LogP contribution in [-0.4, -0.2) is 34.6 Å². The van der Waals surface area contributed by atoms with Gasteiger partial charge in [-0.3, -0.25) is 14.2 Å². The number of anilines is 1. The third kappa shape index (κ3) is 3.45.